The molecular formula is C24H18ClNO2. The minimum atomic E-state index is -0.730. The van der Waals surface area contributed by atoms with Gasteiger partial charge < -0.3 is 0 Å². The standard InChI is InChI=1S/C24H18ClNO2/c25-19-11-13-20(14-12-19)26-21(27)15-23(22(26)28)16-24(23,17-7-3-1-4-8-17)18-9-5-2-6-10-18/h1-14H,15-16H2. The van der Waals surface area contributed by atoms with Crippen molar-refractivity contribution >= 4 is 29.1 Å². The summed E-state index contributed by atoms with van der Waals surface area (Å²) in [5.41, 5.74) is 1.55. The lowest BCUT2D eigenvalue weighted by atomic mass is 9.79. The van der Waals surface area contributed by atoms with Crippen LogP contribution < -0.4 is 4.90 Å². The maximum Gasteiger partial charge on any atom is 0.241 e. The van der Waals surface area contributed by atoms with Crippen LogP contribution in [-0.2, 0) is 15.0 Å². The third-order valence-electron chi connectivity index (χ3n) is 6.19. The summed E-state index contributed by atoms with van der Waals surface area (Å²) in [6.07, 6.45) is 0.862. The Labute approximate surface area is 168 Å². The second-order valence-electron chi connectivity index (χ2n) is 7.58. The topological polar surface area (TPSA) is 37.4 Å². The van der Waals surface area contributed by atoms with Gasteiger partial charge in [-0.1, -0.05) is 72.3 Å². The van der Waals surface area contributed by atoms with Crippen LogP contribution in [0.2, 0.25) is 5.02 Å². The SMILES string of the molecule is O=C1CC2(CC2(c2ccccc2)c2ccccc2)C(=O)N1c1ccc(Cl)cc1. The lowest BCUT2D eigenvalue weighted by molar-refractivity contribution is -0.123. The number of hydrogen-bond acceptors (Lipinski definition) is 2. The van der Waals surface area contributed by atoms with E-state index >= 15 is 0 Å². The van der Waals surface area contributed by atoms with Gasteiger partial charge in [-0.25, -0.2) is 0 Å². The molecular weight excluding hydrogens is 370 g/mol. The molecule has 0 radical (unpaired) electrons. The van der Waals surface area contributed by atoms with Crippen molar-refractivity contribution in [2.24, 2.45) is 5.41 Å². The van der Waals surface area contributed by atoms with E-state index in [-0.39, 0.29) is 18.2 Å². The zero-order chi connectivity index (χ0) is 19.4. The molecule has 3 aromatic carbocycles. The van der Waals surface area contributed by atoms with Crippen LogP contribution in [-0.4, -0.2) is 11.8 Å². The first kappa shape index (κ1) is 17.2. The summed E-state index contributed by atoms with van der Waals surface area (Å²) in [6.45, 7) is 0. The lowest BCUT2D eigenvalue weighted by Crippen LogP contribution is -2.33. The molecule has 2 amide bonds. The number of anilines is 1. The lowest BCUT2D eigenvalue weighted by Gasteiger charge is -2.23. The monoisotopic (exact) mass is 387 g/mol. The third-order valence-corrected chi connectivity index (χ3v) is 6.44. The average molecular weight is 388 g/mol. The van der Waals surface area contributed by atoms with Crippen molar-refractivity contribution in [3.05, 3.63) is 101 Å². The number of imide groups is 1. The summed E-state index contributed by atoms with van der Waals surface area (Å²) < 4.78 is 0. The van der Waals surface area contributed by atoms with Crippen LogP contribution in [0, 0.1) is 5.41 Å². The predicted octanol–water partition coefficient (Wildman–Crippen LogP) is 4.98. The van der Waals surface area contributed by atoms with Gasteiger partial charge in [0.05, 0.1) is 11.1 Å². The molecule has 4 heteroatoms. The number of amides is 2. The summed E-state index contributed by atoms with van der Waals surface area (Å²) in [4.78, 5) is 27.9. The molecule has 0 N–H and O–H groups in total. The van der Waals surface area contributed by atoms with Gasteiger partial charge in [-0.05, 0) is 41.8 Å². The van der Waals surface area contributed by atoms with E-state index < -0.39 is 10.8 Å². The number of carbonyl (C=O) groups excluding carboxylic acids is 2. The van der Waals surface area contributed by atoms with E-state index in [4.69, 9.17) is 11.6 Å². The molecule has 0 bridgehead atoms. The molecule has 28 heavy (non-hydrogen) atoms. The van der Waals surface area contributed by atoms with Gasteiger partial charge in [-0.15, -0.1) is 0 Å². The number of benzene rings is 3. The molecule has 1 saturated carbocycles. The Morgan fingerprint density at radius 3 is 1.82 bits per heavy atom. The van der Waals surface area contributed by atoms with Gasteiger partial charge in [0.1, 0.15) is 0 Å². The normalized spacial score (nSPS) is 22.7. The molecule has 2 aliphatic rings. The summed E-state index contributed by atoms with van der Waals surface area (Å²) in [5.74, 6) is -0.270. The molecule has 1 unspecified atom stereocenters. The van der Waals surface area contributed by atoms with Gasteiger partial charge in [0.2, 0.25) is 11.8 Å². The van der Waals surface area contributed by atoms with Crippen molar-refractivity contribution in [3.63, 3.8) is 0 Å². The minimum absolute atomic E-state index is 0.118. The van der Waals surface area contributed by atoms with E-state index in [2.05, 4.69) is 24.3 Å². The number of hydrogen-bond donors (Lipinski definition) is 0. The molecule has 5 rings (SSSR count). The van der Waals surface area contributed by atoms with E-state index in [1.807, 2.05) is 36.4 Å². The summed E-state index contributed by atoms with van der Waals surface area (Å²) in [7, 11) is 0. The Kier molecular flexibility index (Phi) is 3.72. The molecule has 1 heterocycles. The maximum atomic E-state index is 13.6. The Balaban J connectivity index is 1.63. The maximum absolute atomic E-state index is 13.6. The van der Waals surface area contributed by atoms with E-state index in [0.717, 1.165) is 11.1 Å². The van der Waals surface area contributed by atoms with E-state index in [1.165, 1.54) is 4.90 Å². The van der Waals surface area contributed by atoms with E-state index in [9.17, 15) is 9.59 Å². The molecule has 1 spiro atoms. The smallest absolute Gasteiger partial charge is 0.241 e. The van der Waals surface area contributed by atoms with Gasteiger partial charge in [0, 0.05) is 16.9 Å². The van der Waals surface area contributed by atoms with Crippen molar-refractivity contribution in [3.8, 4) is 0 Å². The van der Waals surface area contributed by atoms with E-state index in [0.29, 0.717) is 17.1 Å². The largest absolute Gasteiger partial charge is 0.274 e. The fourth-order valence-electron chi connectivity index (χ4n) is 4.84. The van der Waals surface area contributed by atoms with Crippen molar-refractivity contribution < 1.29 is 9.59 Å². The Hall–Kier alpha value is -2.91. The van der Waals surface area contributed by atoms with Gasteiger partial charge in [-0.3, -0.25) is 14.5 Å². The molecule has 2 fully saturated rings. The minimum Gasteiger partial charge on any atom is -0.274 e. The number of nitrogens with zero attached hydrogens (tertiary/aromatic N) is 1. The number of rotatable bonds is 3. The highest BCUT2D eigenvalue weighted by atomic mass is 35.5. The third kappa shape index (κ3) is 2.23. The molecule has 1 aliphatic heterocycles. The van der Waals surface area contributed by atoms with Crippen LogP contribution in [0.3, 0.4) is 0 Å². The quantitative estimate of drug-likeness (QED) is 0.594. The van der Waals surface area contributed by atoms with Crippen LogP contribution >= 0.6 is 11.6 Å². The van der Waals surface area contributed by atoms with Crippen molar-refractivity contribution in [1.29, 1.82) is 0 Å². The first-order valence-corrected chi connectivity index (χ1v) is 9.70. The highest BCUT2D eigenvalue weighted by Crippen LogP contribution is 2.72. The number of halogens is 1. The van der Waals surface area contributed by atoms with Crippen LogP contribution in [0.5, 0.6) is 0 Å². The summed E-state index contributed by atoms with van der Waals surface area (Å²) in [5, 5.41) is 0.576. The molecule has 3 nitrogen and oxygen atoms in total. The highest BCUT2D eigenvalue weighted by molar-refractivity contribution is 6.31. The van der Waals surface area contributed by atoms with Gasteiger partial charge >= 0.3 is 0 Å². The molecule has 138 valence electrons. The fourth-order valence-corrected chi connectivity index (χ4v) is 4.97. The fraction of sp³-hybridized carbons (Fsp3) is 0.167. The molecule has 1 saturated heterocycles. The van der Waals surface area contributed by atoms with Gasteiger partial charge in [0.25, 0.3) is 0 Å². The molecule has 1 atom stereocenters. The second kappa shape index (κ2) is 6.05. The van der Waals surface area contributed by atoms with Crippen molar-refractivity contribution in [2.75, 3.05) is 4.90 Å². The van der Waals surface area contributed by atoms with Crippen LogP contribution in [0.1, 0.15) is 24.0 Å². The summed E-state index contributed by atoms with van der Waals surface area (Å²) in [6, 6.07) is 27.0. The zero-order valence-corrected chi connectivity index (χ0v) is 15.9. The van der Waals surface area contributed by atoms with Crippen LogP contribution in [0.15, 0.2) is 84.9 Å². The van der Waals surface area contributed by atoms with Crippen molar-refractivity contribution in [2.45, 2.75) is 18.3 Å². The Bertz CT molecular complexity index is 1020. The Morgan fingerprint density at radius 2 is 1.29 bits per heavy atom. The van der Waals surface area contributed by atoms with Crippen molar-refractivity contribution in [1.82, 2.24) is 0 Å². The number of carbonyl (C=O) groups is 2. The predicted molar refractivity (Wildman–Crippen MR) is 109 cm³/mol. The molecule has 3 aromatic rings. The van der Waals surface area contributed by atoms with E-state index in [1.54, 1.807) is 24.3 Å². The highest BCUT2D eigenvalue weighted by Gasteiger charge is 2.77. The van der Waals surface area contributed by atoms with Crippen LogP contribution in [0.25, 0.3) is 0 Å². The second-order valence-corrected chi connectivity index (χ2v) is 8.02. The molecule has 1 aliphatic carbocycles. The summed E-state index contributed by atoms with van der Waals surface area (Å²) >= 11 is 5.98. The van der Waals surface area contributed by atoms with Gasteiger partial charge in [0.15, 0.2) is 0 Å². The first-order valence-electron chi connectivity index (χ1n) is 9.32. The first-order chi connectivity index (χ1) is 13.6. The Morgan fingerprint density at radius 1 is 0.750 bits per heavy atom. The molecule has 0 aromatic heterocycles. The van der Waals surface area contributed by atoms with Crippen LogP contribution in [0.4, 0.5) is 5.69 Å². The van der Waals surface area contributed by atoms with Gasteiger partial charge in [-0.2, -0.15) is 0 Å². The zero-order valence-electron chi connectivity index (χ0n) is 15.1. The average Bonchev–Trinajstić information content (AvgIpc) is 3.34.